The molecule has 58 heavy (non-hydrogen) atoms. The molecule has 8 heteroatoms. The Morgan fingerprint density at radius 3 is 2.19 bits per heavy atom. The van der Waals surface area contributed by atoms with Crippen molar-refractivity contribution in [3.8, 4) is 28.3 Å². The maximum Gasteiger partial charge on any atom is 0.141 e. The average Bonchev–Trinajstić information content (AvgIpc) is 3.78. The molecule has 0 amide bonds. The number of hydrogen-bond acceptors (Lipinski definition) is 5. The summed E-state index contributed by atoms with van der Waals surface area (Å²) in [6, 6.07) is 45.1. The predicted octanol–water partition coefficient (Wildman–Crippen LogP) is 12.0. The van der Waals surface area contributed by atoms with Gasteiger partial charge >= 0.3 is 148 Å². The summed E-state index contributed by atoms with van der Waals surface area (Å²) in [7, 11) is 0. The first-order valence-corrected chi connectivity index (χ1v) is 26.9. The van der Waals surface area contributed by atoms with Crippen molar-refractivity contribution in [3.63, 3.8) is 0 Å². The molecule has 293 valence electrons. The number of benzene rings is 4. The van der Waals surface area contributed by atoms with Gasteiger partial charge in [-0.2, -0.15) is 0 Å². The third kappa shape index (κ3) is 8.35. The molecule has 0 saturated heterocycles. The first-order chi connectivity index (χ1) is 27.3. The van der Waals surface area contributed by atoms with Gasteiger partial charge in [0.1, 0.15) is 11.3 Å². The average molecular weight is 999 g/mol. The minimum Gasteiger partial charge on any atom is -0.483 e. The summed E-state index contributed by atoms with van der Waals surface area (Å²) in [6.07, 6.45) is 7.18. The molecule has 0 bridgehead atoms. The molecule has 9 rings (SSSR count). The number of rotatable bonds is 6. The SMILES string of the molecule is CC(c1ccccc1)c1cc(-c2[c-]cccc2)nc[c]1[Ge]([CH3])([CH3])[CH3].Cc1cc2nc(-c3[c-]nc4oc5ccccc5c4c3)n(-c3ccc(C(C)(C)C)cc3)c2cn1.[Ir]. The molecule has 1 atom stereocenters. The molecule has 1 radical (unpaired) electrons. The van der Waals surface area contributed by atoms with Crippen LogP contribution in [0.3, 0.4) is 0 Å². The number of fused-ring (bicyclic) bond motifs is 4. The van der Waals surface area contributed by atoms with Crippen molar-refractivity contribution >= 4 is 50.8 Å². The molecule has 5 heterocycles. The van der Waals surface area contributed by atoms with Gasteiger partial charge in [-0.05, 0) is 53.8 Å². The maximum absolute atomic E-state index is 5.90. The zero-order valence-electron chi connectivity index (χ0n) is 34.3. The number of aryl methyl sites for hydroxylation is 1. The molecule has 0 spiro atoms. The van der Waals surface area contributed by atoms with Crippen LogP contribution in [0.15, 0.2) is 138 Å². The Morgan fingerprint density at radius 1 is 0.759 bits per heavy atom. The van der Waals surface area contributed by atoms with Crippen LogP contribution in [0.1, 0.15) is 56.0 Å². The molecule has 1 unspecified atom stereocenters. The Morgan fingerprint density at radius 2 is 1.48 bits per heavy atom. The molecule has 0 aliphatic rings. The summed E-state index contributed by atoms with van der Waals surface area (Å²) in [5.74, 6) is 8.46. The fraction of sp³-hybridized carbons (Fsp3) is 0.200. The van der Waals surface area contributed by atoms with Gasteiger partial charge in [-0.25, -0.2) is 0 Å². The van der Waals surface area contributed by atoms with Crippen LogP contribution in [-0.2, 0) is 25.5 Å². The molecule has 0 saturated carbocycles. The van der Waals surface area contributed by atoms with Crippen LogP contribution in [0.2, 0.25) is 17.3 Å². The molecule has 0 aliphatic carbocycles. The Hall–Kier alpha value is -5.21. The molecule has 0 fully saturated rings. The number of hydrogen-bond donors (Lipinski definition) is 0. The number of pyridine rings is 3. The van der Waals surface area contributed by atoms with Crippen LogP contribution < -0.4 is 4.40 Å². The fourth-order valence-corrected chi connectivity index (χ4v) is 10.8. The first kappa shape index (κ1) is 41.0. The van der Waals surface area contributed by atoms with E-state index in [2.05, 4.69) is 151 Å². The van der Waals surface area contributed by atoms with Gasteiger partial charge in [0.2, 0.25) is 0 Å². The van der Waals surface area contributed by atoms with Crippen molar-refractivity contribution in [1.29, 1.82) is 0 Å². The molecule has 4 aromatic carbocycles. The van der Waals surface area contributed by atoms with Gasteiger partial charge in [-0.1, -0.05) is 56.7 Å². The van der Waals surface area contributed by atoms with Gasteiger partial charge in [0.25, 0.3) is 0 Å². The van der Waals surface area contributed by atoms with E-state index in [1.807, 2.05) is 61.7 Å². The second-order valence-corrected chi connectivity index (χ2v) is 27.4. The standard InChI is InChI=1S/C28H23N4O.C22H24GeN.Ir/c1-17-13-23-24(16-29-17)32(20-11-9-19(10-12-20)28(2,3)4)26(31-23)18-14-22-21-7-5-6-8-25(21)33-27(22)30-15-18;1-17(18-11-7-5-8-12-18)20-15-22(19-13-9-6-10-14-19)24-16-21(20)23(2,3)4;/h5-14,16H,1-4H3;5-13,15-17H,1-4H3;/q2*-1;. The van der Waals surface area contributed by atoms with E-state index in [0.717, 1.165) is 61.4 Å². The molecular weight excluding hydrogens is 951 g/mol. The van der Waals surface area contributed by atoms with Crippen LogP contribution in [0.25, 0.3) is 61.4 Å². The predicted molar refractivity (Wildman–Crippen MR) is 237 cm³/mol. The number of furan rings is 1. The van der Waals surface area contributed by atoms with E-state index in [1.54, 1.807) is 0 Å². The number of para-hydroxylation sites is 1. The van der Waals surface area contributed by atoms with Crippen molar-refractivity contribution < 1.29 is 24.5 Å². The summed E-state index contributed by atoms with van der Waals surface area (Å²) >= 11 is -2.01. The summed E-state index contributed by atoms with van der Waals surface area (Å²) in [4.78, 5) is 18.8. The quantitative estimate of drug-likeness (QED) is 0.123. The van der Waals surface area contributed by atoms with E-state index in [0.29, 0.717) is 11.6 Å². The van der Waals surface area contributed by atoms with Gasteiger partial charge in [0.05, 0.1) is 23.1 Å². The van der Waals surface area contributed by atoms with Crippen LogP contribution >= 0.6 is 0 Å². The van der Waals surface area contributed by atoms with Gasteiger partial charge < -0.3 is 14.0 Å². The first-order valence-electron chi connectivity index (χ1n) is 19.5. The minimum atomic E-state index is -2.01. The molecular formula is C50H47GeIrN5O-2. The molecule has 0 N–H and O–H groups in total. The molecule has 6 nitrogen and oxygen atoms in total. The van der Waals surface area contributed by atoms with Gasteiger partial charge in [0, 0.05) is 36.9 Å². The number of nitrogens with zero attached hydrogens (tertiary/aromatic N) is 5. The fourth-order valence-electron chi connectivity index (χ4n) is 7.39. The maximum atomic E-state index is 5.90. The third-order valence-electron chi connectivity index (χ3n) is 10.6. The van der Waals surface area contributed by atoms with Gasteiger partial charge in [-0.3, -0.25) is 9.97 Å². The second kappa shape index (κ2) is 16.6. The van der Waals surface area contributed by atoms with Crippen LogP contribution in [0, 0.1) is 19.2 Å². The van der Waals surface area contributed by atoms with Crippen molar-refractivity contribution in [2.45, 2.75) is 63.2 Å². The summed E-state index contributed by atoms with van der Waals surface area (Å²) in [5.41, 5.74) is 12.2. The van der Waals surface area contributed by atoms with Crippen LogP contribution in [0.5, 0.6) is 0 Å². The van der Waals surface area contributed by atoms with Crippen molar-refractivity contribution in [2.24, 2.45) is 0 Å². The largest absolute Gasteiger partial charge is 0.483 e. The summed E-state index contributed by atoms with van der Waals surface area (Å²) in [6.45, 7) is 10.9. The Bertz CT molecular complexity index is 2840. The summed E-state index contributed by atoms with van der Waals surface area (Å²) < 4.78 is 9.52. The normalized spacial score (nSPS) is 12.3. The Kier molecular flexibility index (Phi) is 11.7. The van der Waals surface area contributed by atoms with Crippen LogP contribution in [0.4, 0.5) is 0 Å². The Balaban J connectivity index is 0.000000183. The van der Waals surface area contributed by atoms with E-state index in [-0.39, 0.29) is 25.5 Å². The van der Waals surface area contributed by atoms with Crippen molar-refractivity contribution in [1.82, 2.24) is 24.5 Å². The van der Waals surface area contributed by atoms with Crippen molar-refractivity contribution in [2.75, 3.05) is 0 Å². The van der Waals surface area contributed by atoms with E-state index < -0.39 is 13.3 Å². The van der Waals surface area contributed by atoms with Crippen molar-refractivity contribution in [3.05, 3.63) is 168 Å². The zero-order chi connectivity index (χ0) is 39.9. The van der Waals surface area contributed by atoms with E-state index >= 15 is 0 Å². The monoisotopic (exact) mass is 1000 g/mol. The Labute approximate surface area is 357 Å². The number of aromatic nitrogens is 5. The minimum absolute atomic E-state index is 0. The zero-order valence-corrected chi connectivity index (χ0v) is 38.7. The van der Waals surface area contributed by atoms with Crippen LogP contribution in [-0.4, -0.2) is 37.8 Å². The second-order valence-electron chi connectivity index (χ2n) is 16.8. The topological polar surface area (TPSA) is 69.6 Å². The van der Waals surface area contributed by atoms with E-state index in [9.17, 15) is 0 Å². The van der Waals surface area contributed by atoms with E-state index in [1.165, 1.54) is 21.1 Å². The third-order valence-corrected chi connectivity index (χ3v) is 14.9. The van der Waals surface area contributed by atoms with Gasteiger partial charge in [0.15, 0.2) is 0 Å². The summed E-state index contributed by atoms with van der Waals surface area (Å²) in [5, 5.41) is 1.99. The number of imidazole rings is 1. The van der Waals surface area contributed by atoms with E-state index in [4.69, 9.17) is 14.4 Å². The molecule has 5 aromatic heterocycles. The molecule has 9 aromatic rings. The van der Waals surface area contributed by atoms with Gasteiger partial charge in [-0.15, -0.1) is 6.07 Å². The smallest absolute Gasteiger partial charge is 0.141 e. The molecule has 0 aliphatic heterocycles.